The lowest BCUT2D eigenvalue weighted by molar-refractivity contribution is -0.126. The number of hydrogen-bond donors (Lipinski definition) is 2. The van der Waals surface area contributed by atoms with Gasteiger partial charge < -0.3 is 10.6 Å². The van der Waals surface area contributed by atoms with Crippen LogP contribution in [0.1, 0.15) is 36.8 Å². The molecule has 2 heterocycles. The molecule has 7 nitrogen and oxygen atoms in total. The zero-order chi connectivity index (χ0) is 22.6. The Balaban J connectivity index is 1.27. The SMILES string of the molecule is O=C1CCc2cc(S(=O)(=O)N3CCC(C(=O)NCCCc4ccccc4)CC3)ccc2N1. The van der Waals surface area contributed by atoms with Gasteiger partial charge in [-0.15, -0.1) is 0 Å². The molecule has 2 N–H and O–H groups in total. The van der Waals surface area contributed by atoms with E-state index in [1.807, 2.05) is 18.2 Å². The maximum absolute atomic E-state index is 13.1. The van der Waals surface area contributed by atoms with Gasteiger partial charge >= 0.3 is 0 Å². The zero-order valence-electron chi connectivity index (χ0n) is 18.0. The van der Waals surface area contributed by atoms with Crippen molar-refractivity contribution in [1.29, 1.82) is 0 Å². The fraction of sp³-hybridized carbons (Fsp3) is 0.417. The van der Waals surface area contributed by atoms with E-state index in [-0.39, 0.29) is 22.6 Å². The number of carbonyl (C=O) groups is 2. The predicted octanol–water partition coefficient (Wildman–Crippen LogP) is 2.72. The Morgan fingerprint density at radius 3 is 2.56 bits per heavy atom. The molecule has 0 bridgehead atoms. The van der Waals surface area contributed by atoms with E-state index in [0.717, 1.165) is 18.4 Å². The van der Waals surface area contributed by atoms with Crippen molar-refractivity contribution in [3.63, 3.8) is 0 Å². The molecule has 0 saturated carbocycles. The van der Waals surface area contributed by atoms with Gasteiger partial charge in [-0.3, -0.25) is 9.59 Å². The van der Waals surface area contributed by atoms with Gasteiger partial charge in [-0.1, -0.05) is 30.3 Å². The van der Waals surface area contributed by atoms with Crippen LogP contribution in [0.2, 0.25) is 0 Å². The third-order valence-corrected chi connectivity index (χ3v) is 8.11. The molecule has 0 radical (unpaired) electrons. The first-order chi connectivity index (χ1) is 15.4. The van der Waals surface area contributed by atoms with Crippen LogP contribution in [0.4, 0.5) is 5.69 Å². The molecule has 0 atom stereocenters. The fourth-order valence-electron chi connectivity index (χ4n) is 4.32. The largest absolute Gasteiger partial charge is 0.356 e. The van der Waals surface area contributed by atoms with E-state index >= 15 is 0 Å². The molecule has 1 saturated heterocycles. The van der Waals surface area contributed by atoms with Gasteiger partial charge in [0, 0.05) is 37.7 Å². The first-order valence-corrected chi connectivity index (χ1v) is 12.6. The van der Waals surface area contributed by atoms with E-state index < -0.39 is 10.0 Å². The minimum Gasteiger partial charge on any atom is -0.356 e. The van der Waals surface area contributed by atoms with Crippen LogP contribution in [0, 0.1) is 5.92 Å². The van der Waals surface area contributed by atoms with Gasteiger partial charge in [0.2, 0.25) is 21.8 Å². The monoisotopic (exact) mass is 455 g/mol. The second-order valence-corrected chi connectivity index (χ2v) is 10.4. The van der Waals surface area contributed by atoms with Crippen molar-refractivity contribution in [1.82, 2.24) is 9.62 Å². The van der Waals surface area contributed by atoms with Crippen LogP contribution in [-0.2, 0) is 32.5 Å². The summed E-state index contributed by atoms with van der Waals surface area (Å²) in [5.41, 5.74) is 2.78. The number of benzene rings is 2. The topological polar surface area (TPSA) is 95.6 Å². The minimum atomic E-state index is -3.62. The molecule has 2 aromatic rings. The number of aryl methyl sites for hydroxylation is 2. The summed E-state index contributed by atoms with van der Waals surface area (Å²) in [4.78, 5) is 24.3. The smallest absolute Gasteiger partial charge is 0.243 e. The summed E-state index contributed by atoms with van der Waals surface area (Å²) in [6, 6.07) is 15.0. The fourth-order valence-corrected chi connectivity index (χ4v) is 5.84. The van der Waals surface area contributed by atoms with Crippen molar-refractivity contribution >= 4 is 27.5 Å². The van der Waals surface area contributed by atoms with Crippen molar-refractivity contribution in [2.24, 2.45) is 5.92 Å². The van der Waals surface area contributed by atoms with Crippen LogP contribution < -0.4 is 10.6 Å². The molecule has 8 heteroatoms. The van der Waals surface area contributed by atoms with Crippen molar-refractivity contribution in [3.05, 3.63) is 59.7 Å². The number of carbonyl (C=O) groups excluding carboxylic acids is 2. The summed E-state index contributed by atoms with van der Waals surface area (Å²) in [6.07, 6.45) is 3.74. The van der Waals surface area contributed by atoms with E-state index in [1.165, 1.54) is 9.87 Å². The maximum Gasteiger partial charge on any atom is 0.243 e. The Kier molecular flexibility index (Phi) is 6.91. The summed E-state index contributed by atoms with van der Waals surface area (Å²) in [5.74, 6) is -0.190. The lowest BCUT2D eigenvalue weighted by Crippen LogP contribution is -2.43. The number of fused-ring (bicyclic) bond motifs is 1. The lowest BCUT2D eigenvalue weighted by atomic mass is 9.97. The van der Waals surface area contributed by atoms with Crippen molar-refractivity contribution < 1.29 is 18.0 Å². The Morgan fingerprint density at radius 1 is 1.06 bits per heavy atom. The molecule has 0 unspecified atom stereocenters. The van der Waals surface area contributed by atoms with Crippen molar-refractivity contribution in [3.8, 4) is 0 Å². The lowest BCUT2D eigenvalue weighted by Gasteiger charge is -2.31. The highest BCUT2D eigenvalue weighted by Crippen LogP contribution is 2.29. The first-order valence-electron chi connectivity index (χ1n) is 11.2. The average Bonchev–Trinajstić information content (AvgIpc) is 2.82. The van der Waals surface area contributed by atoms with E-state index in [9.17, 15) is 18.0 Å². The molecule has 2 aromatic carbocycles. The van der Waals surface area contributed by atoms with Crippen molar-refractivity contribution in [2.75, 3.05) is 25.0 Å². The highest BCUT2D eigenvalue weighted by molar-refractivity contribution is 7.89. The number of amides is 2. The highest BCUT2D eigenvalue weighted by Gasteiger charge is 2.32. The Bertz CT molecular complexity index is 1080. The van der Waals surface area contributed by atoms with Gasteiger partial charge in [0.15, 0.2) is 0 Å². The molecule has 4 rings (SSSR count). The molecular formula is C24H29N3O4S. The highest BCUT2D eigenvalue weighted by atomic mass is 32.2. The van der Waals surface area contributed by atoms with Crippen molar-refractivity contribution in [2.45, 2.75) is 43.4 Å². The van der Waals surface area contributed by atoms with Crippen LogP contribution in [0.15, 0.2) is 53.4 Å². The number of rotatable bonds is 7. The standard InChI is InChI=1S/C24H29N3O4S/c28-23-11-8-20-17-21(9-10-22(20)26-23)32(30,31)27-15-12-19(13-16-27)24(29)25-14-4-7-18-5-2-1-3-6-18/h1-3,5-6,9-10,17,19H,4,7-8,11-16H2,(H,25,29)(H,26,28). The number of nitrogens with zero attached hydrogens (tertiary/aromatic N) is 1. The molecule has 0 aliphatic carbocycles. The van der Waals surface area contributed by atoms with E-state index in [1.54, 1.807) is 18.2 Å². The Hall–Kier alpha value is -2.71. The normalized spacial score (nSPS) is 17.4. The van der Waals surface area contributed by atoms with E-state index in [2.05, 4.69) is 22.8 Å². The van der Waals surface area contributed by atoms with Gasteiger partial charge in [-0.05, 0) is 61.4 Å². The van der Waals surface area contributed by atoms with Crippen LogP contribution in [0.5, 0.6) is 0 Å². The number of sulfonamides is 1. The first kappa shape index (κ1) is 22.5. The van der Waals surface area contributed by atoms with E-state index in [4.69, 9.17) is 0 Å². The average molecular weight is 456 g/mol. The molecule has 2 aliphatic rings. The quantitative estimate of drug-likeness (QED) is 0.628. The van der Waals surface area contributed by atoms with Crippen LogP contribution in [-0.4, -0.2) is 44.2 Å². The molecule has 1 fully saturated rings. The molecule has 170 valence electrons. The Morgan fingerprint density at radius 2 is 1.81 bits per heavy atom. The molecule has 0 spiro atoms. The predicted molar refractivity (Wildman–Crippen MR) is 123 cm³/mol. The third-order valence-electron chi connectivity index (χ3n) is 6.22. The van der Waals surface area contributed by atoms with Gasteiger partial charge in [0.05, 0.1) is 4.90 Å². The number of nitrogens with one attached hydrogen (secondary N) is 2. The molecule has 32 heavy (non-hydrogen) atoms. The van der Waals surface area contributed by atoms with Gasteiger partial charge in [-0.2, -0.15) is 4.31 Å². The van der Waals surface area contributed by atoms with Gasteiger partial charge in [0.25, 0.3) is 0 Å². The second-order valence-electron chi connectivity index (χ2n) is 8.43. The summed E-state index contributed by atoms with van der Waals surface area (Å²) in [5, 5.41) is 5.78. The summed E-state index contributed by atoms with van der Waals surface area (Å²) >= 11 is 0. The van der Waals surface area contributed by atoms with Crippen LogP contribution in [0.3, 0.4) is 0 Å². The number of hydrogen-bond acceptors (Lipinski definition) is 4. The summed E-state index contributed by atoms with van der Waals surface area (Å²) in [7, 11) is -3.62. The van der Waals surface area contributed by atoms with Crippen LogP contribution in [0.25, 0.3) is 0 Å². The molecule has 2 amide bonds. The molecule has 2 aliphatic heterocycles. The van der Waals surface area contributed by atoms with E-state index in [0.29, 0.717) is 51.0 Å². The van der Waals surface area contributed by atoms with Gasteiger partial charge in [-0.25, -0.2) is 8.42 Å². The summed E-state index contributed by atoms with van der Waals surface area (Å²) < 4.78 is 27.7. The third kappa shape index (κ3) is 5.19. The Labute approximate surface area is 189 Å². The number of piperidine rings is 1. The maximum atomic E-state index is 13.1. The zero-order valence-corrected chi connectivity index (χ0v) is 18.9. The minimum absolute atomic E-state index is 0.0135. The second kappa shape index (κ2) is 9.83. The summed E-state index contributed by atoms with van der Waals surface area (Å²) in [6.45, 7) is 1.29. The van der Waals surface area contributed by atoms with Gasteiger partial charge in [0.1, 0.15) is 0 Å². The molecule has 0 aromatic heterocycles. The number of anilines is 1. The van der Waals surface area contributed by atoms with Crippen LogP contribution >= 0.6 is 0 Å². The molecular weight excluding hydrogens is 426 g/mol.